The van der Waals surface area contributed by atoms with Gasteiger partial charge in [-0.25, -0.2) is 9.59 Å². The second-order valence-corrected chi connectivity index (χ2v) is 19.8. The van der Waals surface area contributed by atoms with Crippen LogP contribution >= 0.6 is 0 Å². The van der Waals surface area contributed by atoms with Crippen LogP contribution < -0.4 is 21.3 Å². The van der Waals surface area contributed by atoms with Gasteiger partial charge in [-0.15, -0.1) is 0 Å². The first-order valence-corrected chi connectivity index (χ1v) is 25.9. The van der Waals surface area contributed by atoms with E-state index in [1.54, 1.807) is 19.6 Å². The Morgan fingerprint density at radius 2 is 1.23 bits per heavy atom. The number of nitrogens with one attached hydrogen (secondary N) is 4. The summed E-state index contributed by atoms with van der Waals surface area (Å²) in [6.07, 6.45) is 0.684. The van der Waals surface area contributed by atoms with Gasteiger partial charge in [0.2, 0.25) is 17.7 Å². The van der Waals surface area contributed by atoms with Crippen LogP contribution in [0.2, 0.25) is 0 Å². The molecule has 0 unspecified atom stereocenters. The fraction of sp³-hybridized carbons (Fsp3) is 0.608. The molecule has 1 spiro atoms. The summed E-state index contributed by atoms with van der Waals surface area (Å²) in [6.45, 7) is 2.38. The topological polar surface area (TPSA) is 355 Å². The van der Waals surface area contributed by atoms with Crippen molar-refractivity contribution in [2.45, 2.75) is 88.1 Å². The van der Waals surface area contributed by atoms with E-state index in [1.165, 1.54) is 0 Å². The Balaban J connectivity index is 1.17. The molecule has 0 aromatic heterocycles. The van der Waals surface area contributed by atoms with Gasteiger partial charge in [0, 0.05) is 97.2 Å². The predicted molar refractivity (Wildman–Crippen MR) is 273 cm³/mol. The first-order chi connectivity index (χ1) is 36.8. The minimum atomic E-state index is -1.50. The van der Waals surface area contributed by atoms with E-state index < -0.39 is 78.0 Å². The Morgan fingerprint density at radius 1 is 0.662 bits per heavy atom. The van der Waals surface area contributed by atoms with Crippen LogP contribution in [0.5, 0.6) is 0 Å². The van der Waals surface area contributed by atoms with Crippen molar-refractivity contribution in [3.8, 4) is 0 Å². The summed E-state index contributed by atoms with van der Waals surface area (Å²) in [4.78, 5) is 132. The summed E-state index contributed by atoms with van der Waals surface area (Å²) in [5.41, 5.74) is 0.0932. The van der Waals surface area contributed by atoms with Gasteiger partial charge >= 0.3 is 35.9 Å². The Morgan fingerprint density at radius 3 is 1.78 bits per heavy atom. The van der Waals surface area contributed by atoms with Gasteiger partial charge < -0.3 is 61.2 Å². The molecule has 424 valence electrons. The molecular formula is C51H73N9O17. The molecule has 3 aliphatic rings. The molecule has 26 heteroatoms. The van der Waals surface area contributed by atoms with E-state index in [4.69, 9.17) is 14.6 Å². The molecule has 0 bridgehead atoms. The summed E-state index contributed by atoms with van der Waals surface area (Å²) in [5.74, 6) is -7.24. The van der Waals surface area contributed by atoms with Crippen molar-refractivity contribution in [3.63, 3.8) is 0 Å². The number of amides is 5. The van der Waals surface area contributed by atoms with Crippen molar-refractivity contribution in [3.05, 3.63) is 48.0 Å². The predicted octanol–water partition coefficient (Wildman–Crippen LogP) is -0.467. The largest absolute Gasteiger partial charge is 0.481 e. The molecule has 2 aromatic rings. The molecule has 2 aromatic carbocycles. The number of fused-ring (bicyclic) bond motifs is 1. The Labute approximate surface area is 445 Å². The number of unbranched alkanes of at least 4 members (excludes halogenated alkanes) is 1. The number of aliphatic carboxylic acids is 5. The molecule has 2 heterocycles. The first-order valence-electron chi connectivity index (χ1n) is 25.9. The molecule has 26 nitrogen and oxygen atoms in total. The quantitative estimate of drug-likeness (QED) is 0.0327. The number of carboxylic acid groups (broad SMARTS) is 5. The van der Waals surface area contributed by atoms with Gasteiger partial charge in [-0.3, -0.25) is 58.0 Å². The van der Waals surface area contributed by atoms with Crippen molar-refractivity contribution >= 4 is 70.8 Å². The molecule has 0 radical (unpaired) electrons. The zero-order valence-corrected chi connectivity index (χ0v) is 43.2. The normalized spacial score (nSPS) is 20.5. The monoisotopic (exact) mass is 1080 g/mol. The fourth-order valence-corrected chi connectivity index (χ4v) is 9.84. The lowest BCUT2D eigenvalue weighted by molar-refractivity contribution is -0.161. The second kappa shape index (κ2) is 30.7. The molecule has 3 fully saturated rings. The van der Waals surface area contributed by atoms with Gasteiger partial charge in [-0.05, 0) is 61.3 Å². The lowest BCUT2D eigenvalue weighted by atomic mass is 9.77. The van der Waals surface area contributed by atoms with Crippen LogP contribution in [0.15, 0.2) is 42.5 Å². The molecule has 77 heavy (non-hydrogen) atoms. The van der Waals surface area contributed by atoms with E-state index in [2.05, 4.69) is 21.3 Å². The van der Waals surface area contributed by atoms with E-state index in [-0.39, 0.29) is 123 Å². The molecule has 5 rings (SSSR count). The van der Waals surface area contributed by atoms with Crippen molar-refractivity contribution in [2.75, 3.05) is 105 Å². The lowest BCUT2D eigenvalue weighted by Crippen LogP contribution is -2.58. The van der Waals surface area contributed by atoms with E-state index in [1.807, 2.05) is 47.4 Å². The fourth-order valence-electron chi connectivity index (χ4n) is 9.84. The molecule has 1 saturated carbocycles. The molecule has 3 atom stereocenters. The third-order valence-corrected chi connectivity index (χ3v) is 14.1. The maximum absolute atomic E-state index is 14.1. The van der Waals surface area contributed by atoms with Crippen molar-refractivity contribution in [2.24, 2.45) is 5.92 Å². The number of rotatable bonds is 26. The number of morpholine rings is 1. The first kappa shape index (κ1) is 60.9. The maximum Gasteiger partial charge on any atom is 0.326 e. The van der Waals surface area contributed by atoms with E-state index >= 15 is 0 Å². The zero-order valence-electron chi connectivity index (χ0n) is 43.2. The number of hydrogen-bond donors (Lipinski definition) is 9. The maximum atomic E-state index is 14.1. The van der Waals surface area contributed by atoms with Gasteiger partial charge in [0.25, 0.3) is 6.47 Å². The van der Waals surface area contributed by atoms with E-state index in [9.17, 15) is 68.4 Å². The molecule has 1 aliphatic carbocycles. The van der Waals surface area contributed by atoms with Crippen LogP contribution in [0, 0.1) is 5.92 Å². The summed E-state index contributed by atoms with van der Waals surface area (Å²) in [6, 6.07) is 10.1. The van der Waals surface area contributed by atoms with Crippen molar-refractivity contribution in [1.82, 2.24) is 45.8 Å². The van der Waals surface area contributed by atoms with Crippen LogP contribution in [0.3, 0.4) is 0 Å². The Bertz CT molecular complexity index is 2340. The van der Waals surface area contributed by atoms with Crippen LogP contribution in [0.4, 0.5) is 4.79 Å². The second-order valence-electron chi connectivity index (χ2n) is 19.8. The van der Waals surface area contributed by atoms with Crippen LogP contribution in [0.1, 0.15) is 63.4 Å². The SMILES string of the molecule is O=CO[C@H](CCCCNC(=O)[C@H](Cc1ccc2ccccc2c1)NC(=O)C1CCC2(CC1)CN(C(=O)CN1CCN(CC(=O)O)CCN(CC(=O)O)CCN(CC(=O)O)CC1)CCO2)NC(=O)N[C@@H](CCC(=O)O)C(=O)O. The molecule has 2 saturated heterocycles. The smallest absolute Gasteiger partial charge is 0.326 e. The molecular weight excluding hydrogens is 1010 g/mol. The number of carbonyl (C=O) groups is 10. The third kappa shape index (κ3) is 21.2. The third-order valence-electron chi connectivity index (χ3n) is 14.1. The number of hydrogen-bond acceptors (Lipinski definition) is 16. The van der Waals surface area contributed by atoms with Crippen molar-refractivity contribution in [1.29, 1.82) is 0 Å². The molecule has 5 amide bonds. The van der Waals surface area contributed by atoms with Gasteiger partial charge in [0.15, 0.2) is 6.23 Å². The zero-order chi connectivity index (χ0) is 55.9. The van der Waals surface area contributed by atoms with Crippen LogP contribution in [-0.2, 0) is 59.0 Å². The molecule has 9 N–H and O–H groups in total. The number of nitrogens with zero attached hydrogens (tertiary/aromatic N) is 5. The summed E-state index contributed by atoms with van der Waals surface area (Å²) in [5, 5.41) is 59.3. The van der Waals surface area contributed by atoms with Gasteiger partial charge in [-0.2, -0.15) is 0 Å². The van der Waals surface area contributed by atoms with Crippen LogP contribution in [0.25, 0.3) is 10.8 Å². The molecule has 2 aliphatic heterocycles. The van der Waals surface area contributed by atoms with E-state index in [0.717, 1.165) is 16.3 Å². The highest BCUT2D eigenvalue weighted by Crippen LogP contribution is 2.37. The lowest BCUT2D eigenvalue weighted by Gasteiger charge is -2.46. The summed E-state index contributed by atoms with van der Waals surface area (Å²) >= 11 is 0. The van der Waals surface area contributed by atoms with Crippen molar-refractivity contribution < 1.29 is 83.0 Å². The minimum Gasteiger partial charge on any atom is -0.481 e. The minimum absolute atomic E-state index is 0.0187. The highest BCUT2D eigenvalue weighted by Gasteiger charge is 2.43. The van der Waals surface area contributed by atoms with E-state index in [0.29, 0.717) is 58.2 Å². The standard InChI is InChI=1S/C51H73N9O17/c61-34-76-41(55-50(75)54-39(49(73)74)10-11-43(63)64)7-3-4-16-52-48(72)40(28-35-8-9-36-5-1-2-6-38(36)27-35)53-47(71)37-12-14-51(15-13-37)33-60(25-26-77-51)42(62)29-56-17-19-57(30-44(65)66)21-23-59(32-46(69)70)24-22-58(20-18-56)31-45(67)68/h1-2,5-6,8-9,27,34,37,39-41H,3-4,7,10-26,28-33H2,(H,52,72)(H,53,71)(H,63,64)(H,65,66)(H,67,68)(H,69,70)(H,73,74)(H2,54,55,75)/t37?,39-,40-,41+,51?/m0/s1. The van der Waals surface area contributed by atoms with Gasteiger partial charge in [0.1, 0.15) is 12.1 Å². The number of urea groups is 1. The number of carboxylic acids is 5. The van der Waals surface area contributed by atoms with Gasteiger partial charge in [-0.1, -0.05) is 42.5 Å². The summed E-state index contributed by atoms with van der Waals surface area (Å²) in [7, 11) is 0. The highest BCUT2D eigenvalue weighted by atomic mass is 16.5. The van der Waals surface area contributed by atoms with Crippen LogP contribution in [-0.4, -0.2) is 239 Å². The number of ether oxygens (including phenoxy) is 2. The Kier molecular flexibility index (Phi) is 24.2. The Hall–Kier alpha value is -7.00. The number of benzene rings is 2. The average Bonchev–Trinajstić information content (AvgIpc) is 3.38. The summed E-state index contributed by atoms with van der Waals surface area (Å²) < 4.78 is 11.3. The van der Waals surface area contributed by atoms with Gasteiger partial charge in [0.05, 0.1) is 38.4 Å². The highest BCUT2D eigenvalue weighted by molar-refractivity contribution is 5.89. The number of carbonyl (C=O) groups excluding carboxylic acids is 5. The average molecular weight is 1080 g/mol.